The van der Waals surface area contributed by atoms with Gasteiger partial charge in [0.05, 0.1) is 29.3 Å². The van der Waals surface area contributed by atoms with Crippen LogP contribution in [-0.2, 0) is 11.3 Å². The Morgan fingerprint density at radius 2 is 1.85 bits per heavy atom. The molecule has 212 valence electrons. The second-order valence-electron chi connectivity index (χ2n) is 9.80. The second kappa shape index (κ2) is 12.1. The Kier molecular flexibility index (Phi) is 8.97. The number of anilines is 2. The number of carbonyl (C=O) groups is 2. The van der Waals surface area contributed by atoms with Gasteiger partial charge in [0.1, 0.15) is 0 Å². The zero-order valence-corrected chi connectivity index (χ0v) is 21.9. The van der Waals surface area contributed by atoms with Gasteiger partial charge in [-0.3, -0.25) is 14.5 Å². The molecule has 0 unspecified atom stereocenters. The van der Waals surface area contributed by atoms with Gasteiger partial charge >= 0.3 is 6.18 Å². The van der Waals surface area contributed by atoms with Crippen LogP contribution in [0.15, 0.2) is 30.3 Å². The van der Waals surface area contributed by atoms with Gasteiger partial charge in [0, 0.05) is 62.4 Å². The van der Waals surface area contributed by atoms with Crippen molar-refractivity contribution in [3.05, 3.63) is 58.1 Å². The van der Waals surface area contributed by atoms with Crippen molar-refractivity contribution in [2.24, 2.45) is 5.92 Å². The summed E-state index contributed by atoms with van der Waals surface area (Å²) in [5.74, 6) is -3.92. The third-order valence-corrected chi connectivity index (χ3v) is 7.19. The predicted octanol–water partition coefficient (Wildman–Crippen LogP) is 4.17. The number of amides is 2. The summed E-state index contributed by atoms with van der Waals surface area (Å²) in [4.78, 5) is 28.6. The zero-order valence-electron chi connectivity index (χ0n) is 21.2. The van der Waals surface area contributed by atoms with Crippen molar-refractivity contribution in [3.8, 4) is 0 Å². The molecule has 13 heteroatoms. The fraction of sp³-hybridized carbons (Fsp3) is 0.462. The molecule has 0 saturated carbocycles. The van der Waals surface area contributed by atoms with E-state index in [0.717, 1.165) is 6.07 Å². The molecule has 3 N–H and O–H groups in total. The number of alkyl halides is 3. The number of rotatable bonds is 8. The fourth-order valence-corrected chi connectivity index (χ4v) is 4.79. The Morgan fingerprint density at radius 1 is 1.10 bits per heavy atom. The third-order valence-electron chi connectivity index (χ3n) is 6.95. The topological polar surface area (TPSA) is 76.7 Å². The molecule has 0 spiro atoms. The highest BCUT2D eigenvalue weighted by Crippen LogP contribution is 2.33. The molecule has 2 aromatic carbocycles. The van der Waals surface area contributed by atoms with E-state index in [-0.39, 0.29) is 36.5 Å². The summed E-state index contributed by atoms with van der Waals surface area (Å²) >= 11 is 6.20. The molecule has 2 aliphatic heterocycles. The van der Waals surface area contributed by atoms with E-state index in [9.17, 15) is 31.5 Å². The number of halogens is 6. The summed E-state index contributed by atoms with van der Waals surface area (Å²) in [6.45, 7) is 3.70. The Morgan fingerprint density at radius 3 is 2.49 bits per heavy atom. The summed E-state index contributed by atoms with van der Waals surface area (Å²) in [5, 5.41) is 8.50. The maximum Gasteiger partial charge on any atom is 0.390 e. The van der Waals surface area contributed by atoms with E-state index in [0.29, 0.717) is 49.1 Å². The summed E-state index contributed by atoms with van der Waals surface area (Å²) in [7, 11) is 0. The number of piperazine rings is 1. The number of benzene rings is 2. The molecule has 2 saturated heterocycles. The normalized spacial score (nSPS) is 18.5. The quantitative estimate of drug-likeness (QED) is 0.414. The molecule has 1 atom stereocenters. The van der Waals surface area contributed by atoms with Gasteiger partial charge < -0.3 is 20.9 Å². The van der Waals surface area contributed by atoms with Gasteiger partial charge in [-0.2, -0.15) is 13.2 Å². The average molecular weight is 574 g/mol. The Bertz CT molecular complexity index is 1220. The Hall–Kier alpha value is -2.96. The largest absolute Gasteiger partial charge is 0.390 e. The average Bonchev–Trinajstić information content (AvgIpc) is 2.83. The molecule has 2 aliphatic rings. The molecule has 0 bridgehead atoms. The highest BCUT2D eigenvalue weighted by Gasteiger charge is 2.31. The molecule has 2 heterocycles. The lowest BCUT2D eigenvalue weighted by molar-refractivity contribution is -0.138. The number of carbonyl (C=O) groups excluding carboxylic acids is 2. The van der Waals surface area contributed by atoms with Crippen LogP contribution in [0.4, 0.5) is 33.3 Å². The molecule has 2 aromatic rings. The van der Waals surface area contributed by atoms with Crippen LogP contribution in [0.2, 0.25) is 5.02 Å². The number of nitrogens with one attached hydrogen (secondary N) is 3. The minimum absolute atomic E-state index is 0.0888. The molecule has 39 heavy (non-hydrogen) atoms. The van der Waals surface area contributed by atoms with Gasteiger partial charge in [0.15, 0.2) is 11.6 Å². The van der Waals surface area contributed by atoms with Crippen LogP contribution in [0, 0.1) is 17.6 Å². The van der Waals surface area contributed by atoms with Crippen molar-refractivity contribution in [3.63, 3.8) is 0 Å². The van der Waals surface area contributed by atoms with E-state index in [1.165, 1.54) is 18.2 Å². The van der Waals surface area contributed by atoms with E-state index in [1.54, 1.807) is 11.0 Å². The SMILES string of the molecule is C[C@@H]1CN(CCC(F)(F)F)CCN1c1cc(Cl)ccc1NC(=O)c1ccc(CNC(=O)C2CNC2)c(F)c1F. The lowest BCUT2D eigenvalue weighted by Gasteiger charge is -2.42. The molecule has 0 radical (unpaired) electrons. The summed E-state index contributed by atoms with van der Waals surface area (Å²) in [5.41, 5.74) is 0.209. The van der Waals surface area contributed by atoms with Gasteiger partial charge in [-0.25, -0.2) is 8.78 Å². The van der Waals surface area contributed by atoms with Gasteiger partial charge in [0.25, 0.3) is 5.91 Å². The molecule has 0 aliphatic carbocycles. The van der Waals surface area contributed by atoms with Crippen molar-refractivity contribution in [2.45, 2.75) is 32.1 Å². The molecule has 7 nitrogen and oxygen atoms in total. The lowest BCUT2D eigenvalue weighted by atomic mass is 10.0. The summed E-state index contributed by atoms with van der Waals surface area (Å²) < 4.78 is 67.5. The van der Waals surface area contributed by atoms with Gasteiger partial charge in [-0.15, -0.1) is 0 Å². The van der Waals surface area contributed by atoms with E-state index in [4.69, 9.17) is 11.6 Å². The van der Waals surface area contributed by atoms with Crippen molar-refractivity contribution >= 4 is 34.8 Å². The first-order valence-corrected chi connectivity index (χ1v) is 12.9. The minimum atomic E-state index is -4.24. The van der Waals surface area contributed by atoms with E-state index < -0.39 is 35.7 Å². The molecular formula is C26H29ClF5N5O2. The van der Waals surface area contributed by atoms with Crippen LogP contribution < -0.4 is 20.9 Å². The van der Waals surface area contributed by atoms with Crippen LogP contribution in [0.3, 0.4) is 0 Å². The van der Waals surface area contributed by atoms with Crippen molar-refractivity contribution in [2.75, 3.05) is 49.5 Å². The first-order valence-electron chi connectivity index (χ1n) is 12.5. The maximum absolute atomic E-state index is 14.9. The standard InChI is InChI=1S/C26H29ClF5N5O2/c1-15-14-36(7-6-26(30,31)32)8-9-37(15)21-10-18(27)3-5-20(21)35-25(39)19-4-2-16(22(28)23(19)29)13-34-24(38)17-11-33-12-17/h2-5,10,15,17,33H,6-9,11-14H2,1H3,(H,34,38)(H,35,39)/t15-/m1/s1. The Labute approximate surface area is 227 Å². The summed E-state index contributed by atoms with van der Waals surface area (Å²) in [6, 6.07) is 6.87. The first-order chi connectivity index (χ1) is 18.4. The van der Waals surface area contributed by atoms with Crippen LogP contribution in [0.1, 0.15) is 29.3 Å². The van der Waals surface area contributed by atoms with Crippen molar-refractivity contribution in [1.82, 2.24) is 15.5 Å². The number of hydrogen-bond acceptors (Lipinski definition) is 5. The van der Waals surface area contributed by atoms with Crippen molar-refractivity contribution in [1.29, 1.82) is 0 Å². The Balaban J connectivity index is 1.45. The predicted molar refractivity (Wildman–Crippen MR) is 138 cm³/mol. The van der Waals surface area contributed by atoms with E-state index in [1.807, 2.05) is 11.8 Å². The smallest absolute Gasteiger partial charge is 0.365 e. The zero-order chi connectivity index (χ0) is 28.3. The fourth-order valence-electron chi connectivity index (χ4n) is 4.62. The van der Waals surface area contributed by atoms with Gasteiger partial charge in [-0.1, -0.05) is 17.7 Å². The number of nitrogens with zero attached hydrogens (tertiary/aromatic N) is 2. The molecule has 2 amide bonds. The van der Waals surface area contributed by atoms with Gasteiger partial charge in [0.2, 0.25) is 5.91 Å². The second-order valence-corrected chi connectivity index (χ2v) is 10.2. The monoisotopic (exact) mass is 573 g/mol. The first kappa shape index (κ1) is 29.0. The minimum Gasteiger partial charge on any atom is -0.365 e. The van der Waals surface area contributed by atoms with Crippen LogP contribution >= 0.6 is 11.6 Å². The van der Waals surface area contributed by atoms with Gasteiger partial charge in [-0.05, 0) is 31.2 Å². The van der Waals surface area contributed by atoms with E-state index >= 15 is 0 Å². The van der Waals surface area contributed by atoms with Crippen LogP contribution in [0.5, 0.6) is 0 Å². The highest BCUT2D eigenvalue weighted by molar-refractivity contribution is 6.31. The lowest BCUT2D eigenvalue weighted by Crippen LogP contribution is -2.52. The summed E-state index contributed by atoms with van der Waals surface area (Å²) in [6.07, 6.45) is -5.14. The molecular weight excluding hydrogens is 545 g/mol. The van der Waals surface area contributed by atoms with E-state index in [2.05, 4.69) is 16.0 Å². The third kappa shape index (κ3) is 7.17. The van der Waals surface area contributed by atoms with Crippen LogP contribution in [-0.4, -0.2) is 68.2 Å². The molecule has 4 rings (SSSR count). The molecule has 0 aromatic heterocycles. The maximum atomic E-state index is 14.9. The van der Waals surface area contributed by atoms with Crippen molar-refractivity contribution < 1.29 is 31.5 Å². The van der Waals surface area contributed by atoms with Crippen LogP contribution in [0.25, 0.3) is 0 Å². The highest BCUT2D eigenvalue weighted by atomic mass is 35.5. The molecule has 2 fully saturated rings. The number of hydrogen-bond donors (Lipinski definition) is 3.